The number of hydrogen-bond donors (Lipinski definition) is 1. The van der Waals surface area contributed by atoms with Gasteiger partial charge in [0.15, 0.2) is 0 Å². The van der Waals surface area contributed by atoms with Gasteiger partial charge in [0.1, 0.15) is 0 Å². The van der Waals surface area contributed by atoms with Crippen LogP contribution < -0.4 is 0 Å². The number of benzene rings is 1. The van der Waals surface area contributed by atoms with Crippen molar-refractivity contribution < 1.29 is 9.90 Å². The number of aromatic nitrogens is 1. The van der Waals surface area contributed by atoms with Crippen molar-refractivity contribution in [3.63, 3.8) is 0 Å². The predicted octanol–water partition coefficient (Wildman–Crippen LogP) is 2.57. The minimum atomic E-state index is -0.159. The van der Waals surface area contributed by atoms with Gasteiger partial charge in [-0.25, -0.2) is 0 Å². The van der Waals surface area contributed by atoms with Crippen LogP contribution in [0.5, 0.6) is 0 Å². The van der Waals surface area contributed by atoms with Crippen molar-refractivity contribution >= 4 is 16.8 Å². The van der Waals surface area contributed by atoms with E-state index in [4.69, 9.17) is 0 Å². The molecule has 5 nitrogen and oxygen atoms in total. The Labute approximate surface area is 161 Å². The Balaban J connectivity index is 1.52. The summed E-state index contributed by atoms with van der Waals surface area (Å²) in [5.41, 5.74) is 2.49. The SMILES string of the molecule is CCn1cc(CN2C[C@H]3CN(C(=O)C(C)C)C[C@@]3(CO)C2)c2ccccc21. The second-order valence-electron chi connectivity index (χ2n) is 8.72. The number of aliphatic hydroxyl groups excluding tert-OH is 1. The van der Waals surface area contributed by atoms with Crippen LogP contribution in [-0.4, -0.2) is 58.2 Å². The molecule has 0 bridgehead atoms. The first-order chi connectivity index (χ1) is 13.0. The highest BCUT2D eigenvalue weighted by molar-refractivity contribution is 5.84. The maximum Gasteiger partial charge on any atom is 0.225 e. The quantitative estimate of drug-likeness (QED) is 0.881. The molecule has 0 saturated carbocycles. The lowest BCUT2D eigenvalue weighted by molar-refractivity contribution is -0.134. The lowest BCUT2D eigenvalue weighted by atomic mass is 9.82. The van der Waals surface area contributed by atoms with E-state index in [1.807, 2.05) is 18.7 Å². The monoisotopic (exact) mass is 369 g/mol. The fourth-order valence-electron chi connectivity index (χ4n) is 5.12. The third-order valence-corrected chi connectivity index (χ3v) is 6.56. The van der Waals surface area contributed by atoms with Gasteiger partial charge in [-0.1, -0.05) is 32.0 Å². The van der Waals surface area contributed by atoms with Crippen LogP contribution in [0.3, 0.4) is 0 Å². The number of nitrogens with zero attached hydrogens (tertiary/aromatic N) is 3. The van der Waals surface area contributed by atoms with Crippen LogP contribution in [0, 0.1) is 17.3 Å². The number of aliphatic hydroxyl groups is 1. The van der Waals surface area contributed by atoms with Gasteiger partial charge in [0.05, 0.1) is 6.61 Å². The first-order valence-electron chi connectivity index (χ1n) is 10.2. The standard InChI is InChI=1S/C22H31N3O2/c1-4-24-10-17(19-7-5-6-8-20(19)24)9-23-11-18-12-25(21(27)16(2)3)14-22(18,13-23)15-26/h5-8,10,16,18,26H,4,9,11-15H2,1-3H3/t18-,22+/m0/s1. The fraction of sp³-hybridized carbons (Fsp3) is 0.591. The van der Waals surface area contributed by atoms with Gasteiger partial charge >= 0.3 is 0 Å². The molecule has 0 aliphatic carbocycles. The zero-order valence-corrected chi connectivity index (χ0v) is 16.7. The number of amides is 1. The zero-order valence-electron chi connectivity index (χ0n) is 16.7. The average molecular weight is 370 g/mol. The van der Waals surface area contributed by atoms with Crippen LogP contribution in [0.4, 0.5) is 0 Å². The molecule has 0 unspecified atom stereocenters. The molecule has 1 amide bonds. The molecule has 1 aromatic heterocycles. The number of likely N-dealkylation sites (tertiary alicyclic amines) is 2. The molecule has 1 aromatic carbocycles. The Morgan fingerprint density at radius 2 is 2.04 bits per heavy atom. The summed E-state index contributed by atoms with van der Waals surface area (Å²) in [7, 11) is 0. The van der Waals surface area contributed by atoms with E-state index in [2.05, 4.69) is 46.9 Å². The zero-order chi connectivity index (χ0) is 19.2. The Morgan fingerprint density at radius 3 is 2.70 bits per heavy atom. The maximum atomic E-state index is 12.4. The van der Waals surface area contributed by atoms with E-state index in [1.165, 1.54) is 16.5 Å². The molecule has 27 heavy (non-hydrogen) atoms. The molecule has 5 heteroatoms. The molecule has 0 spiro atoms. The second-order valence-corrected chi connectivity index (χ2v) is 8.72. The minimum absolute atomic E-state index is 0.0239. The molecule has 146 valence electrons. The first kappa shape index (κ1) is 18.5. The summed E-state index contributed by atoms with van der Waals surface area (Å²) in [5.74, 6) is 0.607. The Morgan fingerprint density at radius 1 is 1.26 bits per heavy atom. The van der Waals surface area contributed by atoms with E-state index < -0.39 is 0 Å². The molecule has 2 aliphatic heterocycles. The second kappa shape index (κ2) is 6.95. The molecule has 3 heterocycles. The van der Waals surface area contributed by atoms with E-state index >= 15 is 0 Å². The van der Waals surface area contributed by atoms with Crippen molar-refractivity contribution in [1.29, 1.82) is 0 Å². The van der Waals surface area contributed by atoms with Gasteiger partial charge in [0.2, 0.25) is 5.91 Å². The summed E-state index contributed by atoms with van der Waals surface area (Å²) in [6.45, 7) is 11.4. The fourth-order valence-corrected chi connectivity index (χ4v) is 5.12. The number of para-hydroxylation sites is 1. The molecule has 2 atom stereocenters. The van der Waals surface area contributed by atoms with Gasteiger partial charge < -0.3 is 14.6 Å². The topological polar surface area (TPSA) is 48.7 Å². The molecule has 0 radical (unpaired) electrons. The largest absolute Gasteiger partial charge is 0.396 e. The van der Waals surface area contributed by atoms with Crippen LogP contribution in [0.25, 0.3) is 10.9 Å². The summed E-state index contributed by atoms with van der Waals surface area (Å²) in [6.07, 6.45) is 2.28. The van der Waals surface area contributed by atoms with E-state index in [9.17, 15) is 9.90 Å². The summed E-state index contributed by atoms with van der Waals surface area (Å²) in [5, 5.41) is 11.5. The normalized spacial score (nSPS) is 25.7. The Bertz CT molecular complexity index is 843. The third-order valence-electron chi connectivity index (χ3n) is 6.56. The van der Waals surface area contributed by atoms with Crippen molar-refractivity contribution in [2.45, 2.75) is 33.9 Å². The molecular formula is C22H31N3O2. The minimum Gasteiger partial charge on any atom is -0.396 e. The highest BCUT2D eigenvalue weighted by atomic mass is 16.3. The molecule has 1 N–H and O–H groups in total. The van der Waals surface area contributed by atoms with Gasteiger partial charge in [-0.2, -0.15) is 0 Å². The molecule has 4 rings (SSSR count). The Kier molecular flexibility index (Phi) is 4.77. The van der Waals surface area contributed by atoms with Gasteiger partial charge in [0, 0.05) is 67.7 Å². The van der Waals surface area contributed by atoms with Crippen molar-refractivity contribution in [2.24, 2.45) is 17.3 Å². The smallest absolute Gasteiger partial charge is 0.225 e. The number of aryl methyl sites for hydroxylation is 1. The molecule has 2 aliphatic rings. The van der Waals surface area contributed by atoms with E-state index in [-0.39, 0.29) is 23.8 Å². The van der Waals surface area contributed by atoms with Crippen LogP contribution in [-0.2, 0) is 17.9 Å². The number of rotatable bonds is 5. The van der Waals surface area contributed by atoms with Gasteiger partial charge in [-0.3, -0.25) is 9.69 Å². The van der Waals surface area contributed by atoms with Gasteiger partial charge in [0.25, 0.3) is 0 Å². The summed E-state index contributed by atoms with van der Waals surface area (Å²) in [6, 6.07) is 8.60. The number of carbonyl (C=O) groups is 1. The lowest BCUT2D eigenvalue weighted by Crippen LogP contribution is -2.40. The summed E-state index contributed by atoms with van der Waals surface area (Å²) in [4.78, 5) is 16.9. The molecular weight excluding hydrogens is 338 g/mol. The molecule has 2 saturated heterocycles. The van der Waals surface area contributed by atoms with Crippen LogP contribution in [0.1, 0.15) is 26.3 Å². The summed E-state index contributed by atoms with van der Waals surface area (Å²) >= 11 is 0. The first-order valence-corrected chi connectivity index (χ1v) is 10.2. The van der Waals surface area contributed by atoms with E-state index in [0.717, 1.165) is 32.7 Å². The van der Waals surface area contributed by atoms with E-state index in [0.29, 0.717) is 12.5 Å². The van der Waals surface area contributed by atoms with Crippen molar-refractivity contribution in [2.75, 3.05) is 32.8 Å². The highest BCUT2D eigenvalue weighted by Gasteiger charge is 2.53. The number of carbonyl (C=O) groups excluding carboxylic acids is 1. The van der Waals surface area contributed by atoms with Crippen molar-refractivity contribution in [3.05, 3.63) is 36.0 Å². The van der Waals surface area contributed by atoms with Gasteiger partial charge in [-0.15, -0.1) is 0 Å². The number of fused-ring (bicyclic) bond motifs is 2. The molecule has 2 fully saturated rings. The summed E-state index contributed by atoms with van der Waals surface area (Å²) < 4.78 is 2.31. The van der Waals surface area contributed by atoms with Crippen molar-refractivity contribution in [1.82, 2.24) is 14.4 Å². The molecule has 2 aromatic rings. The van der Waals surface area contributed by atoms with E-state index in [1.54, 1.807) is 0 Å². The van der Waals surface area contributed by atoms with Crippen molar-refractivity contribution in [3.8, 4) is 0 Å². The lowest BCUT2D eigenvalue weighted by Gasteiger charge is -2.28. The third kappa shape index (κ3) is 3.07. The van der Waals surface area contributed by atoms with Gasteiger partial charge in [-0.05, 0) is 24.5 Å². The van der Waals surface area contributed by atoms with Crippen LogP contribution in [0.2, 0.25) is 0 Å². The number of hydrogen-bond acceptors (Lipinski definition) is 3. The van der Waals surface area contributed by atoms with Crippen LogP contribution in [0.15, 0.2) is 30.5 Å². The maximum absolute atomic E-state index is 12.4. The highest BCUT2D eigenvalue weighted by Crippen LogP contribution is 2.43. The predicted molar refractivity (Wildman–Crippen MR) is 107 cm³/mol. The Hall–Kier alpha value is -1.85. The average Bonchev–Trinajstić information content (AvgIpc) is 3.30. The van der Waals surface area contributed by atoms with Crippen LogP contribution >= 0.6 is 0 Å².